The minimum atomic E-state index is -0.455. The molecule has 10 aromatic rings. The molecular formula is C67H51BN2. The first-order valence-corrected chi connectivity index (χ1v) is 25.3. The van der Waals surface area contributed by atoms with Crippen LogP contribution in [0.25, 0.3) is 33.4 Å². The van der Waals surface area contributed by atoms with Crippen LogP contribution in [-0.4, -0.2) is 6.71 Å². The standard InChI is InChI=1S/C67H51BN2/c1-6-20-46(21-7-1)50-37-41-61-63(43-50)70(65-45-51(47-22-8-2-9-23-47)44-64-66(65)68(61)60-32-18-19-33-62(60)69(64)54-28-14-5-15-29-54)55-38-34-48(35-39-55)49-36-40-57-56-30-16-17-31-58(56)67(59(57)42-49,52-24-10-3-11-25-52)53-26-12-4-13-27-53/h1,3-7,10-21,24-45,47H,2,8-9,22-23H2. The number of hydrogen-bond donors (Lipinski definition) is 0. The van der Waals surface area contributed by atoms with E-state index in [4.69, 9.17) is 0 Å². The number of rotatable bonds is 7. The van der Waals surface area contributed by atoms with E-state index in [2.05, 4.69) is 252 Å². The minimum Gasteiger partial charge on any atom is -0.311 e. The van der Waals surface area contributed by atoms with E-state index in [9.17, 15) is 0 Å². The highest BCUT2D eigenvalue weighted by Crippen LogP contribution is 2.57. The van der Waals surface area contributed by atoms with Crippen LogP contribution >= 0.6 is 0 Å². The first kappa shape index (κ1) is 40.9. The smallest absolute Gasteiger partial charge is 0.252 e. The number of nitrogens with zero attached hydrogens (tertiary/aromatic N) is 2. The molecule has 0 unspecified atom stereocenters. The summed E-state index contributed by atoms with van der Waals surface area (Å²) in [6, 6.07) is 91.5. The molecule has 14 rings (SSSR count). The Labute approximate surface area is 412 Å². The zero-order valence-corrected chi connectivity index (χ0v) is 39.2. The number of anilines is 6. The van der Waals surface area contributed by atoms with Gasteiger partial charge in [0, 0.05) is 34.1 Å². The van der Waals surface area contributed by atoms with Gasteiger partial charge in [0.2, 0.25) is 0 Å². The second kappa shape index (κ2) is 16.5. The summed E-state index contributed by atoms with van der Waals surface area (Å²) in [5.41, 5.74) is 25.2. The van der Waals surface area contributed by atoms with Crippen LogP contribution in [-0.2, 0) is 5.41 Å². The zero-order chi connectivity index (χ0) is 46.2. The fourth-order valence-corrected chi connectivity index (χ4v) is 13.0. The maximum Gasteiger partial charge on any atom is 0.252 e. The highest BCUT2D eigenvalue weighted by Gasteiger charge is 2.47. The number of fused-ring (bicyclic) bond motifs is 7. The molecule has 0 saturated heterocycles. The molecule has 1 saturated carbocycles. The van der Waals surface area contributed by atoms with Gasteiger partial charge in [-0.1, -0.05) is 207 Å². The fourth-order valence-electron chi connectivity index (χ4n) is 13.0. The molecule has 0 radical (unpaired) electrons. The molecule has 2 aliphatic carbocycles. The van der Waals surface area contributed by atoms with Crippen LogP contribution in [0.4, 0.5) is 34.1 Å². The summed E-state index contributed by atoms with van der Waals surface area (Å²) in [5, 5.41) is 0. The molecule has 2 heterocycles. The first-order chi connectivity index (χ1) is 34.7. The summed E-state index contributed by atoms with van der Waals surface area (Å²) in [5.74, 6) is 0.523. The second-order valence-electron chi connectivity index (χ2n) is 19.8. The number of para-hydroxylation sites is 2. The van der Waals surface area contributed by atoms with Crippen molar-refractivity contribution in [1.82, 2.24) is 0 Å². The molecule has 70 heavy (non-hydrogen) atoms. The summed E-state index contributed by atoms with van der Waals surface area (Å²) >= 11 is 0. The van der Waals surface area contributed by atoms with Gasteiger partial charge >= 0.3 is 0 Å². The van der Waals surface area contributed by atoms with Crippen LogP contribution in [0.15, 0.2) is 243 Å². The Hall–Kier alpha value is -8.14. The molecule has 4 aliphatic rings. The van der Waals surface area contributed by atoms with Gasteiger partial charge in [0.05, 0.1) is 5.41 Å². The Kier molecular flexibility index (Phi) is 9.66. The molecule has 0 atom stereocenters. The van der Waals surface area contributed by atoms with E-state index in [1.54, 1.807) is 0 Å². The van der Waals surface area contributed by atoms with Crippen molar-refractivity contribution < 1.29 is 0 Å². The molecule has 0 bridgehead atoms. The predicted octanol–water partition coefficient (Wildman–Crippen LogP) is 15.5. The lowest BCUT2D eigenvalue weighted by Gasteiger charge is -2.45. The maximum atomic E-state index is 2.61. The molecule has 2 aliphatic heterocycles. The fraction of sp³-hybridized carbons (Fsp3) is 0.104. The van der Waals surface area contributed by atoms with Gasteiger partial charge < -0.3 is 9.80 Å². The molecule has 10 aromatic carbocycles. The van der Waals surface area contributed by atoms with Crippen molar-refractivity contribution in [3.63, 3.8) is 0 Å². The van der Waals surface area contributed by atoms with E-state index in [0.717, 1.165) is 0 Å². The van der Waals surface area contributed by atoms with E-state index in [0.29, 0.717) is 5.92 Å². The van der Waals surface area contributed by atoms with Crippen LogP contribution in [0, 0.1) is 0 Å². The predicted molar refractivity (Wildman–Crippen MR) is 294 cm³/mol. The van der Waals surface area contributed by atoms with E-state index in [-0.39, 0.29) is 6.71 Å². The molecule has 0 amide bonds. The van der Waals surface area contributed by atoms with Gasteiger partial charge in [-0.25, -0.2) is 0 Å². The Morgan fingerprint density at radius 2 is 0.871 bits per heavy atom. The van der Waals surface area contributed by atoms with E-state index in [1.807, 2.05) is 0 Å². The van der Waals surface area contributed by atoms with Crippen LogP contribution in [0.2, 0.25) is 0 Å². The van der Waals surface area contributed by atoms with Crippen LogP contribution in [0.3, 0.4) is 0 Å². The third kappa shape index (κ3) is 6.27. The first-order valence-electron chi connectivity index (χ1n) is 25.3. The lowest BCUT2D eigenvalue weighted by Crippen LogP contribution is -2.61. The number of benzene rings is 10. The quantitative estimate of drug-likeness (QED) is 0.147. The van der Waals surface area contributed by atoms with Crippen molar-refractivity contribution in [3.05, 3.63) is 270 Å². The van der Waals surface area contributed by atoms with E-state index < -0.39 is 5.41 Å². The van der Waals surface area contributed by atoms with Crippen molar-refractivity contribution in [1.29, 1.82) is 0 Å². The van der Waals surface area contributed by atoms with Gasteiger partial charge in [0.15, 0.2) is 0 Å². The molecule has 0 spiro atoms. The summed E-state index contributed by atoms with van der Waals surface area (Å²) in [4.78, 5) is 5.16. The van der Waals surface area contributed by atoms with E-state index in [1.165, 1.54) is 144 Å². The van der Waals surface area contributed by atoms with Crippen LogP contribution in [0.5, 0.6) is 0 Å². The van der Waals surface area contributed by atoms with Gasteiger partial charge in [-0.2, -0.15) is 0 Å². The van der Waals surface area contributed by atoms with Gasteiger partial charge in [0.1, 0.15) is 0 Å². The largest absolute Gasteiger partial charge is 0.311 e. The lowest BCUT2D eigenvalue weighted by molar-refractivity contribution is 0.444. The van der Waals surface area contributed by atoms with Gasteiger partial charge in [-0.3, -0.25) is 0 Å². The molecular weight excluding hydrogens is 844 g/mol. The van der Waals surface area contributed by atoms with E-state index >= 15 is 0 Å². The molecule has 3 heteroatoms. The molecule has 0 N–H and O–H groups in total. The topological polar surface area (TPSA) is 6.48 Å². The van der Waals surface area contributed by atoms with Crippen LogP contribution < -0.4 is 26.2 Å². The SMILES string of the molecule is c1ccc(-c2ccc3c(c2)N(c2ccc(-c4ccc5c(c4)C(c4ccccc4)(c4ccccc4)c4ccccc4-5)cc2)c2cc(C4CCCCC4)cc4c2B3c2ccccc2N4c2ccccc2)cc1. The normalized spacial score (nSPS) is 15.1. The Balaban J connectivity index is 0.970. The van der Waals surface area contributed by atoms with Crippen molar-refractivity contribution in [3.8, 4) is 33.4 Å². The monoisotopic (exact) mass is 894 g/mol. The average Bonchev–Trinajstić information content (AvgIpc) is 3.74. The third-order valence-corrected chi connectivity index (χ3v) is 16.1. The van der Waals surface area contributed by atoms with Crippen molar-refractivity contribution >= 4 is 57.2 Å². The molecule has 332 valence electrons. The summed E-state index contributed by atoms with van der Waals surface area (Å²) in [6.07, 6.45) is 6.35. The molecule has 0 aromatic heterocycles. The number of hydrogen-bond acceptors (Lipinski definition) is 2. The molecule has 2 nitrogen and oxygen atoms in total. The Morgan fingerprint density at radius 1 is 0.357 bits per heavy atom. The Bertz CT molecular complexity index is 3540. The summed E-state index contributed by atoms with van der Waals surface area (Å²) in [7, 11) is 0. The summed E-state index contributed by atoms with van der Waals surface area (Å²) in [6.45, 7) is 0.0712. The maximum absolute atomic E-state index is 2.61. The lowest BCUT2D eigenvalue weighted by atomic mass is 9.33. The van der Waals surface area contributed by atoms with Crippen LogP contribution in [0.1, 0.15) is 65.8 Å². The second-order valence-corrected chi connectivity index (χ2v) is 19.8. The molecule has 1 fully saturated rings. The zero-order valence-electron chi connectivity index (χ0n) is 39.2. The Morgan fingerprint density at radius 3 is 1.59 bits per heavy atom. The van der Waals surface area contributed by atoms with Crippen molar-refractivity contribution in [2.24, 2.45) is 0 Å². The summed E-state index contributed by atoms with van der Waals surface area (Å²) < 4.78 is 0. The van der Waals surface area contributed by atoms with Gasteiger partial charge in [-0.15, -0.1) is 0 Å². The van der Waals surface area contributed by atoms with Crippen molar-refractivity contribution in [2.75, 3.05) is 9.80 Å². The minimum absolute atomic E-state index is 0.0712. The highest BCUT2D eigenvalue weighted by molar-refractivity contribution is 7.00. The highest BCUT2D eigenvalue weighted by atomic mass is 15.2. The average molecular weight is 895 g/mol. The third-order valence-electron chi connectivity index (χ3n) is 16.1. The van der Waals surface area contributed by atoms with Gasteiger partial charge in [-0.05, 0) is 151 Å². The van der Waals surface area contributed by atoms with Crippen molar-refractivity contribution in [2.45, 2.75) is 43.4 Å². The van der Waals surface area contributed by atoms with Gasteiger partial charge in [0.25, 0.3) is 6.71 Å².